The number of hydrogen-bond acceptors (Lipinski definition) is 4. The van der Waals surface area contributed by atoms with Gasteiger partial charge in [-0.15, -0.1) is 0 Å². The van der Waals surface area contributed by atoms with Crippen molar-refractivity contribution < 1.29 is 14.4 Å². The van der Waals surface area contributed by atoms with E-state index < -0.39 is 0 Å². The molecule has 3 amide bonds. The van der Waals surface area contributed by atoms with E-state index in [9.17, 15) is 14.4 Å². The van der Waals surface area contributed by atoms with Crippen molar-refractivity contribution in [2.24, 2.45) is 0 Å². The number of benzene rings is 2. The first-order chi connectivity index (χ1) is 14.3. The predicted molar refractivity (Wildman–Crippen MR) is 120 cm³/mol. The van der Waals surface area contributed by atoms with Crippen molar-refractivity contribution >= 4 is 29.1 Å². The topological polar surface area (TPSA) is 90.5 Å². The number of rotatable bonds is 9. The fourth-order valence-corrected chi connectivity index (χ4v) is 2.89. The Morgan fingerprint density at radius 3 is 2.17 bits per heavy atom. The van der Waals surface area contributed by atoms with Crippen LogP contribution in [-0.4, -0.2) is 48.3 Å². The molecule has 2 rings (SSSR count). The molecule has 0 aliphatic carbocycles. The fraction of sp³-hybridized carbons (Fsp3) is 0.348. The minimum absolute atomic E-state index is 0.0327. The van der Waals surface area contributed by atoms with Gasteiger partial charge in [-0.05, 0) is 70.2 Å². The Hall–Kier alpha value is -3.35. The van der Waals surface area contributed by atoms with Crippen LogP contribution < -0.4 is 16.0 Å². The lowest BCUT2D eigenvalue weighted by atomic mass is 10.1. The second-order valence-electron chi connectivity index (χ2n) is 7.17. The van der Waals surface area contributed by atoms with Crippen molar-refractivity contribution in [3.8, 4) is 0 Å². The van der Waals surface area contributed by atoms with Gasteiger partial charge in [-0.1, -0.05) is 6.07 Å². The SMILES string of the molecule is CCN(CC)C(=O)c1cccc(NCC(=O)Nc2ccc(C(=O)NC(C)C)cc2)c1. The van der Waals surface area contributed by atoms with E-state index in [0.29, 0.717) is 35.6 Å². The molecule has 0 bridgehead atoms. The zero-order valence-corrected chi connectivity index (χ0v) is 18.0. The Morgan fingerprint density at radius 2 is 1.57 bits per heavy atom. The summed E-state index contributed by atoms with van der Waals surface area (Å²) in [7, 11) is 0. The Morgan fingerprint density at radius 1 is 0.900 bits per heavy atom. The largest absolute Gasteiger partial charge is 0.376 e. The molecule has 0 aliphatic rings. The third kappa shape index (κ3) is 6.62. The van der Waals surface area contributed by atoms with Gasteiger partial charge in [0.05, 0.1) is 6.54 Å². The average Bonchev–Trinajstić information content (AvgIpc) is 2.73. The maximum absolute atomic E-state index is 12.5. The van der Waals surface area contributed by atoms with Crippen LogP contribution in [0.2, 0.25) is 0 Å². The van der Waals surface area contributed by atoms with Gasteiger partial charge in [0.1, 0.15) is 0 Å². The first kappa shape index (κ1) is 22.9. The van der Waals surface area contributed by atoms with Crippen LogP contribution in [0.5, 0.6) is 0 Å². The molecule has 0 heterocycles. The summed E-state index contributed by atoms with van der Waals surface area (Å²) in [5.41, 5.74) is 2.42. The minimum atomic E-state index is -0.227. The summed E-state index contributed by atoms with van der Waals surface area (Å²) >= 11 is 0. The molecule has 0 aromatic heterocycles. The smallest absolute Gasteiger partial charge is 0.253 e. The first-order valence-corrected chi connectivity index (χ1v) is 10.2. The summed E-state index contributed by atoms with van der Waals surface area (Å²) in [6, 6.07) is 13.9. The molecule has 7 heteroatoms. The Labute approximate surface area is 177 Å². The molecule has 0 fully saturated rings. The molecule has 7 nitrogen and oxygen atoms in total. The highest BCUT2D eigenvalue weighted by atomic mass is 16.2. The molecule has 0 unspecified atom stereocenters. The van der Waals surface area contributed by atoms with Crippen LogP contribution in [0.3, 0.4) is 0 Å². The molecular formula is C23H30N4O3. The Balaban J connectivity index is 1.91. The standard InChI is InChI=1S/C23H30N4O3/c1-5-27(6-2)23(30)18-8-7-9-20(14-18)24-15-21(28)26-19-12-10-17(11-13-19)22(29)25-16(3)4/h7-14,16,24H,5-6,15H2,1-4H3,(H,25,29)(H,26,28). The lowest BCUT2D eigenvalue weighted by molar-refractivity contribution is -0.114. The number of hydrogen-bond donors (Lipinski definition) is 3. The van der Waals surface area contributed by atoms with Crippen LogP contribution in [0.25, 0.3) is 0 Å². The van der Waals surface area contributed by atoms with E-state index in [0.717, 1.165) is 0 Å². The monoisotopic (exact) mass is 410 g/mol. The van der Waals surface area contributed by atoms with Gasteiger partial charge in [0.2, 0.25) is 5.91 Å². The van der Waals surface area contributed by atoms with Gasteiger partial charge >= 0.3 is 0 Å². The molecular weight excluding hydrogens is 380 g/mol. The molecule has 0 spiro atoms. The third-order valence-electron chi connectivity index (χ3n) is 4.46. The van der Waals surface area contributed by atoms with E-state index in [-0.39, 0.29) is 30.3 Å². The summed E-state index contributed by atoms with van der Waals surface area (Å²) in [5, 5.41) is 8.65. The van der Waals surface area contributed by atoms with Crippen molar-refractivity contribution in [3.63, 3.8) is 0 Å². The average molecular weight is 411 g/mol. The van der Waals surface area contributed by atoms with Crippen molar-refractivity contribution in [2.45, 2.75) is 33.7 Å². The van der Waals surface area contributed by atoms with E-state index in [1.165, 1.54) is 0 Å². The van der Waals surface area contributed by atoms with Crippen LogP contribution in [0.1, 0.15) is 48.4 Å². The predicted octanol–water partition coefficient (Wildman–Crippen LogP) is 3.36. The highest BCUT2D eigenvalue weighted by molar-refractivity contribution is 5.97. The van der Waals surface area contributed by atoms with Gasteiger partial charge in [0.25, 0.3) is 11.8 Å². The number of amides is 3. The van der Waals surface area contributed by atoms with Crippen molar-refractivity contribution in [1.29, 1.82) is 0 Å². The number of anilines is 2. The molecule has 30 heavy (non-hydrogen) atoms. The van der Waals surface area contributed by atoms with Crippen molar-refractivity contribution in [3.05, 3.63) is 59.7 Å². The lowest BCUT2D eigenvalue weighted by Gasteiger charge is -2.19. The molecule has 3 N–H and O–H groups in total. The van der Waals surface area contributed by atoms with E-state index in [2.05, 4.69) is 16.0 Å². The van der Waals surface area contributed by atoms with E-state index in [4.69, 9.17) is 0 Å². The number of nitrogens with zero attached hydrogens (tertiary/aromatic N) is 1. The summed E-state index contributed by atoms with van der Waals surface area (Å²) < 4.78 is 0. The number of carbonyl (C=O) groups excluding carboxylic acids is 3. The van der Waals surface area contributed by atoms with E-state index in [1.807, 2.05) is 33.8 Å². The number of carbonyl (C=O) groups is 3. The second-order valence-corrected chi connectivity index (χ2v) is 7.17. The van der Waals surface area contributed by atoms with Gasteiger partial charge in [-0.2, -0.15) is 0 Å². The third-order valence-corrected chi connectivity index (χ3v) is 4.46. The lowest BCUT2D eigenvalue weighted by Crippen LogP contribution is -2.30. The van der Waals surface area contributed by atoms with Gasteiger partial charge in [0.15, 0.2) is 0 Å². The summed E-state index contributed by atoms with van der Waals surface area (Å²) in [5.74, 6) is -0.409. The normalized spacial score (nSPS) is 10.4. The Bertz CT molecular complexity index is 874. The maximum Gasteiger partial charge on any atom is 0.253 e. The second kappa shape index (κ2) is 11.0. The fourth-order valence-electron chi connectivity index (χ4n) is 2.89. The highest BCUT2D eigenvalue weighted by Crippen LogP contribution is 2.13. The van der Waals surface area contributed by atoms with E-state index in [1.54, 1.807) is 47.4 Å². The molecule has 2 aromatic carbocycles. The molecule has 0 radical (unpaired) electrons. The zero-order valence-electron chi connectivity index (χ0n) is 18.0. The van der Waals surface area contributed by atoms with Gasteiger partial charge in [0, 0.05) is 41.6 Å². The van der Waals surface area contributed by atoms with Crippen LogP contribution in [0, 0.1) is 0 Å². The van der Waals surface area contributed by atoms with Crippen LogP contribution in [0.4, 0.5) is 11.4 Å². The number of nitrogens with one attached hydrogen (secondary N) is 3. The minimum Gasteiger partial charge on any atom is -0.376 e. The maximum atomic E-state index is 12.5. The zero-order chi connectivity index (χ0) is 22.1. The quantitative estimate of drug-likeness (QED) is 0.591. The van der Waals surface area contributed by atoms with Crippen LogP contribution in [-0.2, 0) is 4.79 Å². The van der Waals surface area contributed by atoms with Crippen LogP contribution in [0.15, 0.2) is 48.5 Å². The summed E-state index contributed by atoms with van der Waals surface area (Å²) in [6.07, 6.45) is 0. The Kier molecular flexibility index (Phi) is 8.41. The molecule has 0 aliphatic heterocycles. The highest BCUT2D eigenvalue weighted by Gasteiger charge is 2.13. The molecule has 0 atom stereocenters. The first-order valence-electron chi connectivity index (χ1n) is 10.2. The molecule has 0 saturated heterocycles. The van der Waals surface area contributed by atoms with Crippen molar-refractivity contribution in [1.82, 2.24) is 10.2 Å². The van der Waals surface area contributed by atoms with Gasteiger partial charge in [-0.25, -0.2) is 0 Å². The summed E-state index contributed by atoms with van der Waals surface area (Å²) in [6.45, 7) is 9.02. The van der Waals surface area contributed by atoms with Gasteiger partial charge in [-0.3, -0.25) is 14.4 Å². The van der Waals surface area contributed by atoms with Gasteiger partial charge < -0.3 is 20.9 Å². The van der Waals surface area contributed by atoms with E-state index >= 15 is 0 Å². The van der Waals surface area contributed by atoms with Crippen LogP contribution >= 0.6 is 0 Å². The molecule has 2 aromatic rings. The van der Waals surface area contributed by atoms with Crippen molar-refractivity contribution in [2.75, 3.05) is 30.3 Å². The molecule has 160 valence electrons. The summed E-state index contributed by atoms with van der Waals surface area (Å²) in [4.78, 5) is 38.4. The molecule has 0 saturated carbocycles.